The second kappa shape index (κ2) is 10.4. The Kier molecular flexibility index (Phi) is 8.51. The number of carbonyl (C=O) groups is 2. The number of hydrogen-bond donors (Lipinski definition) is 3. The lowest BCUT2D eigenvalue weighted by molar-refractivity contribution is -0.192. The maximum atomic E-state index is 12.2. The summed E-state index contributed by atoms with van der Waals surface area (Å²) in [5.41, 5.74) is 2.10. The minimum absolute atomic E-state index is 0.0476. The molecule has 0 saturated carbocycles. The highest BCUT2D eigenvalue weighted by Crippen LogP contribution is 2.43. The fourth-order valence-electron chi connectivity index (χ4n) is 2.79. The van der Waals surface area contributed by atoms with Crippen molar-refractivity contribution >= 4 is 35.4 Å². The van der Waals surface area contributed by atoms with Crippen molar-refractivity contribution in [2.45, 2.75) is 42.6 Å². The van der Waals surface area contributed by atoms with E-state index in [4.69, 9.17) is 9.90 Å². The molecule has 156 valence electrons. The first-order valence-electron chi connectivity index (χ1n) is 8.84. The number of carboxylic acid groups (broad SMARTS) is 1. The molecule has 0 radical (unpaired) electrons. The summed E-state index contributed by atoms with van der Waals surface area (Å²) in [4.78, 5) is 21.1. The van der Waals surface area contributed by atoms with Crippen molar-refractivity contribution in [1.29, 1.82) is 0 Å². The molecule has 1 amide bonds. The van der Waals surface area contributed by atoms with Crippen LogP contribution >= 0.6 is 23.5 Å². The number of alkyl halides is 3. The third-order valence-electron chi connectivity index (χ3n) is 4.20. The van der Waals surface area contributed by atoms with E-state index in [0.29, 0.717) is 10.6 Å². The summed E-state index contributed by atoms with van der Waals surface area (Å²) in [6.07, 6.45) is -2.76. The number of rotatable bonds is 3. The Labute approximate surface area is 170 Å². The monoisotopic (exact) mass is 436 g/mol. The normalized spacial score (nSPS) is 22.9. The van der Waals surface area contributed by atoms with Crippen LogP contribution < -0.4 is 10.6 Å². The zero-order valence-corrected chi connectivity index (χ0v) is 16.9. The van der Waals surface area contributed by atoms with Gasteiger partial charge >= 0.3 is 12.1 Å². The largest absolute Gasteiger partial charge is 0.490 e. The van der Waals surface area contributed by atoms with Crippen LogP contribution in [0.4, 0.5) is 13.2 Å². The van der Waals surface area contributed by atoms with E-state index in [1.807, 2.05) is 35.7 Å². The number of nitrogens with one attached hydrogen (secondary N) is 2. The lowest BCUT2D eigenvalue weighted by Crippen LogP contribution is -2.36. The molecular formula is C18H23F3N2O3S2. The molecule has 2 saturated heterocycles. The summed E-state index contributed by atoms with van der Waals surface area (Å²) in [5, 5.41) is 13.6. The van der Waals surface area contributed by atoms with Crippen LogP contribution in [0.25, 0.3) is 0 Å². The van der Waals surface area contributed by atoms with Gasteiger partial charge in [-0.25, -0.2) is 4.79 Å². The average molecular weight is 437 g/mol. The van der Waals surface area contributed by atoms with Gasteiger partial charge in [-0.05, 0) is 49.0 Å². The fourth-order valence-corrected chi connectivity index (χ4v) is 5.68. The molecule has 5 nitrogen and oxygen atoms in total. The number of thioether (sulfide) groups is 2. The van der Waals surface area contributed by atoms with Crippen molar-refractivity contribution in [3.8, 4) is 0 Å². The Bertz CT molecular complexity index is 665. The van der Waals surface area contributed by atoms with E-state index in [1.165, 1.54) is 23.5 Å². The average Bonchev–Trinajstić information content (AvgIpc) is 3.07. The van der Waals surface area contributed by atoms with E-state index in [2.05, 4.69) is 29.7 Å². The van der Waals surface area contributed by atoms with Gasteiger partial charge < -0.3 is 15.7 Å². The number of halogens is 3. The van der Waals surface area contributed by atoms with Crippen LogP contribution in [0.5, 0.6) is 0 Å². The van der Waals surface area contributed by atoms with E-state index in [0.717, 1.165) is 18.5 Å². The van der Waals surface area contributed by atoms with E-state index < -0.39 is 12.1 Å². The first kappa shape index (κ1) is 22.9. The second-order valence-corrected chi connectivity index (χ2v) is 9.29. The molecule has 1 aromatic carbocycles. The highest BCUT2D eigenvalue weighted by atomic mass is 32.2. The maximum Gasteiger partial charge on any atom is 0.490 e. The van der Waals surface area contributed by atoms with Crippen LogP contribution in [-0.4, -0.2) is 53.3 Å². The molecule has 10 heteroatoms. The number of amides is 1. The molecule has 0 bridgehead atoms. The van der Waals surface area contributed by atoms with E-state index in [-0.39, 0.29) is 11.9 Å². The topological polar surface area (TPSA) is 78.4 Å². The van der Waals surface area contributed by atoms with Crippen LogP contribution in [0, 0.1) is 0 Å². The molecule has 0 aromatic heterocycles. The molecule has 1 aromatic rings. The van der Waals surface area contributed by atoms with E-state index in [1.54, 1.807) is 0 Å². The van der Waals surface area contributed by atoms with Crippen molar-refractivity contribution in [3.05, 3.63) is 35.4 Å². The van der Waals surface area contributed by atoms with Gasteiger partial charge in [0.2, 0.25) is 0 Å². The van der Waals surface area contributed by atoms with Gasteiger partial charge in [-0.2, -0.15) is 13.2 Å². The standard InChI is InChI=1S/C16H22N2OS2.C2HF3O2/c1-11-9-14(10-17-11)18-15(19)12-3-5-13(6-4-12)16-20-7-2-8-21-16;3-2(4,5)1(6)7/h3-6,11,14,16-17H,2,7-10H2,1H3,(H,18,19);(H,6,7). The SMILES string of the molecule is CC1CC(NC(=O)c2ccc(C3SCCCS3)cc2)CN1.O=C(O)C(F)(F)F. The van der Waals surface area contributed by atoms with Crippen LogP contribution in [0.2, 0.25) is 0 Å². The van der Waals surface area contributed by atoms with Gasteiger partial charge in [0.25, 0.3) is 5.91 Å². The Balaban J connectivity index is 0.000000345. The van der Waals surface area contributed by atoms with Crippen molar-refractivity contribution in [1.82, 2.24) is 10.6 Å². The van der Waals surface area contributed by atoms with Crippen LogP contribution in [0.3, 0.4) is 0 Å². The van der Waals surface area contributed by atoms with Crippen LogP contribution in [0.1, 0.15) is 40.3 Å². The van der Waals surface area contributed by atoms with Gasteiger partial charge in [0.1, 0.15) is 0 Å². The predicted octanol–water partition coefficient (Wildman–Crippen LogP) is 3.67. The van der Waals surface area contributed by atoms with Gasteiger partial charge in [0.05, 0.1) is 4.58 Å². The lowest BCUT2D eigenvalue weighted by atomic mass is 10.1. The van der Waals surface area contributed by atoms with E-state index in [9.17, 15) is 18.0 Å². The molecule has 2 heterocycles. The first-order valence-corrected chi connectivity index (χ1v) is 10.9. The van der Waals surface area contributed by atoms with Gasteiger partial charge in [0.15, 0.2) is 0 Å². The summed E-state index contributed by atoms with van der Waals surface area (Å²) >= 11 is 4.02. The van der Waals surface area contributed by atoms with Gasteiger partial charge in [-0.15, -0.1) is 23.5 Å². The molecule has 3 rings (SSSR count). The molecule has 2 fully saturated rings. The molecule has 2 unspecified atom stereocenters. The van der Waals surface area contributed by atoms with Crippen molar-refractivity contribution in [2.75, 3.05) is 18.1 Å². The second-order valence-electron chi connectivity index (χ2n) is 6.57. The molecule has 0 spiro atoms. The third-order valence-corrected chi connectivity index (χ3v) is 7.22. The summed E-state index contributed by atoms with van der Waals surface area (Å²) in [6, 6.07) is 8.91. The van der Waals surface area contributed by atoms with Gasteiger partial charge in [-0.1, -0.05) is 12.1 Å². The minimum Gasteiger partial charge on any atom is -0.475 e. The molecule has 28 heavy (non-hydrogen) atoms. The molecular weight excluding hydrogens is 413 g/mol. The van der Waals surface area contributed by atoms with Gasteiger partial charge in [0, 0.05) is 24.2 Å². The Morgan fingerprint density at radius 2 is 1.75 bits per heavy atom. The van der Waals surface area contributed by atoms with E-state index >= 15 is 0 Å². The molecule has 2 aliphatic heterocycles. The number of aliphatic carboxylic acids is 1. The molecule has 0 aliphatic carbocycles. The van der Waals surface area contributed by atoms with Crippen LogP contribution in [-0.2, 0) is 4.79 Å². The molecule has 2 atom stereocenters. The Morgan fingerprint density at radius 1 is 1.18 bits per heavy atom. The Hall–Kier alpha value is -1.39. The Morgan fingerprint density at radius 3 is 2.21 bits per heavy atom. The first-order chi connectivity index (χ1) is 13.2. The zero-order valence-electron chi connectivity index (χ0n) is 15.3. The number of carbonyl (C=O) groups excluding carboxylic acids is 1. The highest BCUT2D eigenvalue weighted by molar-refractivity contribution is 8.16. The predicted molar refractivity (Wildman–Crippen MR) is 106 cm³/mol. The number of hydrogen-bond acceptors (Lipinski definition) is 5. The fraction of sp³-hybridized carbons (Fsp3) is 0.556. The van der Waals surface area contributed by atoms with Crippen molar-refractivity contribution in [2.24, 2.45) is 0 Å². The van der Waals surface area contributed by atoms with Crippen molar-refractivity contribution < 1.29 is 27.9 Å². The minimum atomic E-state index is -5.08. The smallest absolute Gasteiger partial charge is 0.475 e. The molecule has 2 aliphatic rings. The third kappa shape index (κ3) is 7.21. The summed E-state index contributed by atoms with van der Waals surface area (Å²) in [6.45, 7) is 3.03. The number of carboxylic acids is 1. The lowest BCUT2D eigenvalue weighted by Gasteiger charge is -2.21. The summed E-state index contributed by atoms with van der Waals surface area (Å²) in [5.74, 6) is -0.224. The maximum absolute atomic E-state index is 12.2. The molecule has 3 N–H and O–H groups in total. The van der Waals surface area contributed by atoms with Gasteiger partial charge in [-0.3, -0.25) is 4.79 Å². The van der Waals surface area contributed by atoms with Crippen LogP contribution in [0.15, 0.2) is 24.3 Å². The number of benzene rings is 1. The highest BCUT2D eigenvalue weighted by Gasteiger charge is 2.38. The summed E-state index contributed by atoms with van der Waals surface area (Å²) in [7, 11) is 0. The quantitative estimate of drug-likeness (QED) is 0.671. The summed E-state index contributed by atoms with van der Waals surface area (Å²) < 4.78 is 32.3. The zero-order chi connectivity index (χ0) is 20.7. The van der Waals surface area contributed by atoms with Crippen molar-refractivity contribution in [3.63, 3.8) is 0 Å².